The van der Waals surface area contributed by atoms with Gasteiger partial charge in [0.2, 0.25) is 15.9 Å². The first-order valence-electron chi connectivity index (χ1n) is 9.03. The zero-order valence-corrected chi connectivity index (χ0v) is 16.1. The maximum atomic E-state index is 12.5. The third kappa shape index (κ3) is 5.08. The van der Waals surface area contributed by atoms with Crippen LogP contribution in [0.4, 0.5) is 5.69 Å². The van der Waals surface area contributed by atoms with Gasteiger partial charge >= 0.3 is 0 Å². The van der Waals surface area contributed by atoms with E-state index in [1.165, 1.54) is 32.0 Å². The molecule has 1 aliphatic rings. The summed E-state index contributed by atoms with van der Waals surface area (Å²) < 4.78 is 32.0. The van der Waals surface area contributed by atoms with Gasteiger partial charge in [-0.25, -0.2) is 8.42 Å². The van der Waals surface area contributed by atoms with Crippen molar-refractivity contribution in [3.63, 3.8) is 0 Å². The molecule has 3 rings (SSSR count). The molecule has 6 nitrogen and oxygen atoms in total. The lowest BCUT2D eigenvalue weighted by molar-refractivity contribution is -0.116. The van der Waals surface area contributed by atoms with Crippen molar-refractivity contribution in [2.75, 3.05) is 18.9 Å². The van der Waals surface area contributed by atoms with Gasteiger partial charge in [0.15, 0.2) is 0 Å². The average molecular weight is 388 g/mol. The summed E-state index contributed by atoms with van der Waals surface area (Å²) in [5, 5.41) is 2.74. The fraction of sp³-hybridized carbons (Fsp3) is 0.350. The Hall–Kier alpha value is -2.38. The Morgan fingerprint density at radius 2 is 1.81 bits per heavy atom. The van der Waals surface area contributed by atoms with Crippen molar-refractivity contribution in [2.24, 2.45) is 0 Å². The molecule has 1 amide bonds. The Labute approximate surface area is 160 Å². The number of carbonyl (C=O) groups excluding carboxylic acids is 1. The van der Waals surface area contributed by atoms with E-state index < -0.39 is 15.9 Å². The number of nitrogens with zero attached hydrogens (tertiary/aromatic N) is 1. The monoisotopic (exact) mass is 388 g/mol. The third-order valence-electron chi connectivity index (χ3n) is 4.54. The van der Waals surface area contributed by atoms with Crippen LogP contribution in [-0.4, -0.2) is 38.3 Å². The molecule has 0 atom stereocenters. The minimum absolute atomic E-state index is 0.160. The van der Waals surface area contributed by atoms with E-state index in [-0.39, 0.29) is 17.5 Å². The molecule has 27 heavy (non-hydrogen) atoms. The summed E-state index contributed by atoms with van der Waals surface area (Å²) in [5.74, 6) is 0.306. The number of sulfonamides is 1. The van der Waals surface area contributed by atoms with Gasteiger partial charge in [0.05, 0.1) is 17.5 Å². The number of anilines is 1. The number of amides is 1. The Balaban J connectivity index is 1.60. The molecule has 0 unspecified atom stereocenters. The molecule has 1 N–H and O–H groups in total. The van der Waals surface area contributed by atoms with Gasteiger partial charge in [-0.3, -0.25) is 4.79 Å². The second-order valence-electron chi connectivity index (χ2n) is 6.67. The predicted octanol–water partition coefficient (Wildman–Crippen LogP) is 3.27. The van der Waals surface area contributed by atoms with Gasteiger partial charge in [0.25, 0.3) is 0 Å². The summed E-state index contributed by atoms with van der Waals surface area (Å²) in [7, 11) is -2.31. The molecule has 0 spiro atoms. The van der Waals surface area contributed by atoms with E-state index >= 15 is 0 Å². The Morgan fingerprint density at radius 1 is 1.11 bits per heavy atom. The summed E-state index contributed by atoms with van der Waals surface area (Å²) in [6, 6.07) is 15.2. The van der Waals surface area contributed by atoms with E-state index in [0.29, 0.717) is 11.4 Å². The first kappa shape index (κ1) is 19.4. The highest BCUT2D eigenvalue weighted by Crippen LogP contribution is 2.25. The van der Waals surface area contributed by atoms with Gasteiger partial charge in [-0.2, -0.15) is 4.31 Å². The van der Waals surface area contributed by atoms with Crippen molar-refractivity contribution >= 4 is 21.6 Å². The highest BCUT2D eigenvalue weighted by Gasteiger charge is 2.23. The van der Waals surface area contributed by atoms with Crippen LogP contribution in [-0.2, 0) is 14.8 Å². The number of ether oxygens (including phenoxy) is 1. The van der Waals surface area contributed by atoms with Crippen molar-refractivity contribution < 1.29 is 17.9 Å². The molecule has 0 saturated heterocycles. The second-order valence-corrected chi connectivity index (χ2v) is 8.72. The Bertz CT molecular complexity index is 878. The van der Waals surface area contributed by atoms with Gasteiger partial charge in [-0.15, -0.1) is 0 Å². The van der Waals surface area contributed by atoms with Gasteiger partial charge < -0.3 is 10.1 Å². The van der Waals surface area contributed by atoms with E-state index in [2.05, 4.69) is 5.32 Å². The molecule has 1 aliphatic carbocycles. The lowest BCUT2D eigenvalue weighted by Gasteiger charge is -2.17. The van der Waals surface area contributed by atoms with E-state index in [1.54, 1.807) is 30.3 Å². The maximum Gasteiger partial charge on any atom is 0.243 e. The largest absolute Gasteiger partial charge is 0.490 e. The summed E-state index contributed by atoms with van der Waals surface area (Å²) in [5.41, 5.74) is 0.584. The van der Waals surface area contributed by atoms with Crippen LogP contribution in [0.3, 0.4) is 0 Å². The van der Waals surface area contributed by atoms with Crippen molar-refractivity contribution in [1.29, 1.82) is 0 Å². The van der Waals surface area contributed by atoms with Crippen LogP contribution in [0.25, 0.3) is 0 Å². The molecule has 2 aromatic rings. The lowest BCUT2D eigenvalue weighted by Crippen LogP contribution is -2.34. The van der Waals surface area contributed by atoms with Gasteiger partial charge in [-0.05, 0) is 49.9 Å². The first-order chi connectivity index (χ1) is 12.9. The zero-order valence-electron chi connectivity index (χ0n) is 15.3. The highest BCUT2D eigenvalue weighted by atomic mass is 32.2. The predicted molar refractivity (Wildman–Crippen MR) is 104 cm³/mol. The van der Waals surface area contributed by atoms with E-state index in [0.717, 1.165) is 17.1 Å². The third-order valence-corrected chi connectivity index (χ3v) is 6.36. The summed E-state index contributed by atoms with van der Waals surface area (Å²) in [6.07, 6.45) is 4.71. The SMILES string of the molecule is CN(CC(=O)Nc1cccc(OC2CCCC2)c1)S(=O)(=O)c1ccccc1. The van der Waals surface area contributed by atoms with Crippen molar-refractivity contribution in [3.8, 4) is 5.75 Å². The normalized spacial score (nSPS) is 15.0. The zero-order chi connectivity index (χ0) is 19.3. The van der Waals surface area contributed by atoms with Crippen LogP contribution in [0.1, 0.15) is 25.7 Å². The van der Waals surface area contributed by atoms with Crippen LogP contribution < -0.4 is 10.1 Å². The highest BCUT2D eigenvalue weighted by molar-refractivity contribution is 7.89. The molecular weight excluding hydrogens is 364 g/mol. The second kappa shape index (κ2) is 8.54. The standard InChI is InChI=1S/C20H24N2O4S/c1-22(27(24,25)19-12-3-2-4-13-19)15-20(23)21-16-8-7-11-18(14-16)26-17-9-5-6-10-17/h2-4,7-8,11-14,17H,5-6,9-10,15H2,1H3,(H,21,23). The minimum Gasteiger partial charge on any atom is -0.490 e. The molecule has 1 saturated carbocycles. The number of benzene rings is 2. The van der Waals surface area contributed by atoms with Crippen molar-refractivity contribution in [3.05, 3.63) is 54.6 Å². The Morgan fingerprint density at radius 3 is 2.52 bits per heavy atom. The number of likely N-dealkylation sites (N-methyl/N-ethyl adjacent to an activating group) is 1. The smallest absolute Gasteiger partial charge is 0.243 e. The molecule has 0 aromatic heterocycles. The van der Waals surface area contributed by atoms with Gasteiger partial charge in [-0.1, -0.05) is 24.3 Å². The fourth-order valence-electron chi connectivity index (χ4n) is 3.11. The summed E-state index contributed by atoms with van der Waals surface area (Å²) >= 11 is 0. The average Bonchev–Trinajstić information content (AvgIpc) is 3.15. The minimum atomic E-state index is -3.70. The van der Waals surface area contributed by atoms with E-state index in [1.807, 2.05) is 12.1 Å². The molecule has 0 heterocycles. The molecule has 144 valence electrons. The number of hydrogen-bond donors (Lipinski definition) is 1. The van der Waals surface area contributed by atoms with Crippen LogP contribution in [0.2, 0.25) is 0 Å². The molecule has 0 bridgehead atoms. The number of nitrogens with one attached hydrogen (secondary N) is 1. The number of carbonyl (C=O) groups is 1. The van der Waals surface area contributed by atoms with Gasteiger partial charge in [0.1, 0.15) is 5.75 Å². The molecule has 7 heteroatoms. The van der Waals surface area contributed by atoms with Crippen LogP contribution >= 0.6 is 0 Å². The number of hydrogen-bond acceptors (Lipinski definition) is 4. The lowest BCUT2D eigenvalue weighted by atomic mass is 10.2. The topological polar surface area (TPSA) is 75.7 Å². The summed E-state index contributed by atoms with van der Waals surface area (Å²) in [6.45, 7) is -0.273. The first-order valence-corrected chi connectivity index (χ1v) is 10.5. The molecule has 1 fully saturated rings. The molecule has 0 radical (unpaired) electrons. The van der Waals surface area contributed by atoms with Crippen LogP contribution in [0.5, 0.6) is 5.75 Å². The van der Waals surface area contributed by atoms with E-state index in [9.17, 15) is 13.2 Å². The molecule has 0 aliphatic heterocycles. The quantitative estimate of drug-likeness (QED) is 0.790. The maximum absolute atomic E-state index is 12.5. The van der Waals surface area contributed by atoms with Crippen LogP contribution in [0.15, 0.2) is 59.5 Å². The van der Waals surface area contributed by atoms with E-state index in [4.69, 9.17) is 4.74 Å². The fourth-order valence-corrected chi connectivity index (χ4v) is 4.25. The van der Waals surface area contributed by atoms with Crippen molar-refractivity contribution in [2.45, 2.75) is 36.7 Å². The van der Waals surface area contributed by atoms with Gasteiger partial charge in [0, 0.05) is 18.8 Å². The molecular formula is C20H24N2O4S. The van der Waals surface area contributed by atoms with Crippen LogP contribution in [0, 0.1) is 0 Å². The summed E-state index contributed by atoms with van der Waals surface area (Å²) in [4.78, 5) is 12.5. The Kier molecular flexibility index (Phi) is 6.13. The van der Waals surface area contributed by atoms with Crippen molar-refractivity contribution in [1.82, 2.24) is 4.31 Å². The molecule has 2 aromatic carbocycles. The number of rotatable bonds is 7.